The van der Waals surface area contributed by atoms with Crippen LogP contribution in [0.3, 0.4) is 0 Å². The molecule has 104 valence electrons. The van der Waals surface area contributed by atoms with Crippen LogP contribution in [0, 0.1) is 21.4 Å². The normalized spacial score (nSPS) is 9.86. The van der Waals surface area contributed by atoms with Gasteiger partial charge in [-0.3, -0.25) is 10.1 Å². The number of nitro groups is 1. The van der Waals surface area contributed by atoms with Crippen molar-refractivity contribution in [3.8, 4) is 6.07 Å². The molecule has 1 N–H and O–H groups in total. The summed E-state index contributed by atoms with van der Waals surface area (Å²) < 4.78 is 0. The van der Waals surface area contributed by atoms with Gasteiger partial charge in [0, 0.05) is 11.0 Å². The molecule has 0 aliphatic carbocycles. The average Bonchev–Trinajstić information content (AvgIpc) is 2.47. The molecule has 0 radical (unpaired) electrons. The van der Waals surface area contributed by atoms with Crippen molar-refractivity contribution < 1.29 is 14.8 Å². The number of nitro benzene ring substituents is 1. The third-order valence-electron chi connectivity index (χ3n) is 2.62. The van der Waals surface area contributed by atoms with Crippen LogP contribution in [0.1, 0.15) is 15.9 Å². The number of aromatic carboxylic acids is 1. The molecule has 0 aliphatic heterocycles. The molecule has 7 heteroatoms. The van der Waals surface area contributed by atoms with Crippen LogP contribution in [0.2, 0.25) is 0 Å². The van der Waals surface area contributed by atoms with Crippen molar-refractivity contribution in [2.24, 2.45) is 0 Å². The molecule has 0 heterocycles. The molecule has 0 aromatic heterocycles. The van der Waals surface area contributed by atoms with Crippen molar-refractivity contribution in [3.63, 3.8) is 0 Å². The van der Waals surface area contributed by atoms with E-state index in [0.29, 0.717) is 4.90 Å². The predicted molar refractivity (Wildman–Crippen MR) is 75.3 cm³/mol. The van der Waals surface area contributed by atoms with E-state index in [1.165, 1.54) is 24.3 Å². The molecule has 2 aromatic rings. The number of benzene rings is 2. The Morgan fingerprint density at radius 3 is 2.57 bits per heavy atom. The minimum Gasteiger partial charge on any atom is -0.478 e. The number of rotatable bonds is 4. The number of carbonyl (C=O) groups is 1. The summed E-state index contributed by atoms with van der Waals surface area (Å²) in [6.45, 7) is 0. The molecule has 21 heavy (non-hydrogen) atoms. The Morgan fingerprint density at radius 2 is 1.95 bits per heavy atom. The van der Waals surface area contributed by atoms with E-state index < -0.39 is 10.9 Å². The minimum absolute atomic E-state index is 0.0705. The fraction of sp³-hybridized carbons (Fsp3) is 0. The van der Waals surface area contributed by atoms with Gasteiger partial charge in [0.15, 0.2) is 0 Å². The van der Waals surface area contributed by atoms with Gasteiger partial charge in [-0.05, 0) is 24.3 Å². The Balaban J connectivity index is 2.48. The Labute approximate surface area is 123 Å². The summed E-state index contributed by atoms with van der Waals surface area (Å²) in [6, 6.07) is 12.2. The molecule has 0 aliphatic rings. The number of hydrogen-bond donors (Lipinski definition) is 1. The summed E-state index contributed by atoms with van der Waals surface area (Å²) in [6.07, 6.45) is 0. The fourth-order valence-electron chi connectivity index (χ4n) is 1.67. The molecule has 0 saturated carbocycles. The van der Waals surface area contributed by atoms with Gasteiger partial charge in [-0.2, -0.15) is 5.26 Å². The van der Waals surface area contributed by atoms with Crippen molar-refractivity contribution in [3.05, 3.63) is 63.7 Å². The Kier molecular flexibility index (Phi) is 4.21. The van der Waals surface area contributed by atoms with Crippen molar-refractivity contribution in [2.75, 3.05) is 0 Å². The molecular weight excluding hydrogens is 292 g/mol. The molecule has 6 nitrogen and oxygen atoms in total. The van der Waals surface area contributed by atoms with Gasteiger partial charge in [0.25, 0.3) is 5.69 Å². The summed E-state index contributed by atoms with van der Waals surface area (Å²) in [7, 11) is 0. The summed E-state index contributed by atoms with van der Waals surface area (Å²) in [5, 5.41) is 29.0. The molecule has 0 unspecified atom stereocenters. The lowest BCUT2D eigenvalue weighted by Crippen LogP contribution is -1.98. The standard InChI is InChI=1S/C14H8N2O4S/c15-8-9-5-6-13(11(7-9)16(19)20)21-12-4-2-1-3-10(12)14(17)18/h1-7H,(H,17,18). The highest BCUT2D eigenvalue weighted by atomic mass is 32.2. The van der Waals surface area contributed by atoms with E-state index >= 15 is 0 Å². The first-order chi connectivity index (χ1) is 10.0. The van der Waals surface area contributed by atoms with Gasteiger partial charge in [0.05, 0.1) is 27.0 Å². The van der Waals surface area contributed by atoms with Crippen LogP contribution in [0.15, 0.2) is 52.3 Å². The summed E-state index contributed by atoms with van der Waals surface area (Å²) in [5.41, 5.74) is 0.0259. The molecule has 0 bridgehead atoms. The van der Waals surface area contributed by atoms with E-state index in [9.17, 15) is 14.9 Å². The van der Waals surface area contributed by atoms with E-state index in [1.807, 2.05) is 6.07 Å². The van der Waals surface area contributed by atoms with Gasteiger partial charge in [-0.25, -0.2) is 4.79 Å². The zero-order valence-electron chi connectivity index (χ0n) is 10.5. The highest BCUT2D eigenvalue weighted by Gasteiger charge is 2.18. The zero-order chi connectivity index (χ0) is 15.4. The first-order valence-electron chi connectivity index (χ1n) is 5.71. The molecular formula is C14H8N2O4S. The van der Waals surface area contributed by atoms with Crippen molar-refractivity contribution >= 4 is 23.4 Å². The van der Waals surface area contributed by atoms with E-state index in [-0.39, 0.29) is 21.7 Å². The number of nitriles is 1. The number of carboxylic acid groups (broad SMARTS) is 1. The molecule has 2 rings (SSSR count). The van der Waals surface area contributed by atoms with Gasteiger partial charge >= 0.3 is 5.97 Å². The Bertz CT molecular complexity index is 768. The first kappa shape index (κ1) is 14.6. The maximum atomic E-state index is 11.1. The van der Waals surface area contributed by atoms with Crippen LogP contribution in [-0.2, 0) is 0 Å². The highest BCUT2D eigenvalue weighted by molar-refractivity contribution is 7.99. The SMILES string of the molecule is N#Cc1ccc(Sc2ccccc2C(=O)O)c([N+](=O)[O-])c1. The van der Waals surface area contributed by atoms with Gasteiger partial charge in [0.1, 0.15) is 0 Å². The Morgan fingerprint density at radius 1 is 1.24 bits per heavy atom. The molecule has 0 saturated heterocycles. The van der Waals surface area contributed by atoms with Crippen LogP contribution in [-0.4, -0.2) is 16.0 Å². The van der Waals surface area contributed by atoms with E-state index in [2.05, 4.69) is 0 Å². The monoisotopic (exact) mass is 300 g/mol. The van der Waals surface area contributed by atoms with Crippen LogP contribution in [0.5, 0.6) is 0 Å². The van der Waals surface area contributed by atoms with Crippen molar-refractivity contribution in [1.29, 1.82) is 5.26 Å². The fourth-order valence-corrected chi connectivity index (χ4v) is 2.69. The highest BCUT2D eigenvalue weighted by Crippen LogP contribution is 2.36. The second-order valence-corrected chi connectivity index (χ2v) is 5.04. The Hall–Kier alpha value is -2.85. The second kappa shape index (κ2) is 6.07. The smallest absolute Gasteiger partial charge is 0.336 e. The van der Waals surface area contributed by atoms with Crippen LogP contribution < -0.4 is 0 Å². The van der Waals surface area contributed by atoms with Crippen LogP contribution >= 0.6 is 11.8 Å². The average molecular weight is 300 g/mol. The quantitative estimate of drug-likeness (QED) is 0.686. The van der Waals surface area contributed by atoms with Gasteiger partial charge in [-0.1, -0.05) is 23.9 Å². The van der Waals surface area contributed by atoms with Gasteiger partial charge < -0.3 is 5.11 Å². The molecule has 0 spiro atoms. The second-order valence-electron chi connectivity index (χ2n) is 3.95. The third kappa shape index (κ3) is 3.19. The molecule has 0 atom stereocenters. The van der Waals surface area contributed by atoms with Gasteiger partial charge in [0.2, 0.25) is 0 Å². The van der Waals surface area contributed by atoms with E-state index in [0.717, 1.165) is 11.8 Å². The lowest BCUT2D eigenvalue weighted by atomic mass is 10.2. The lowest BCUT2D eigenvalue weighted by Gasteiger charge is -2.06. The number of carboxylic acids is 1. The largest absolute Gasteiger partial charge is 0.478 e. The van der Waals surface area contributed by atoms with E-state index in [1.54, 1.807) is 18.2 Å². The predicted octanol–water partition coefficient (Wildman–Crippen LogP) is 3.32. The van der Waals surface area contributed by atoms with Gasteiger partial charge in [-0.15, -0.1) is 0 Å². The summed E-state index contributed by atoms with van der Waals surface area (Å²) >= 11 is 0.985. The number of hydrogen-bond acceptors (Lipinski definition) is 5. The van der Waals surface area contributed by atoms with Crippen molar-refractivity contribution in [2.45, 2.75) is 9.79 Å². The van der Waals surface area contributed by atoms with Crippen LogP contribution in [0.25, 0.3) is 0 Å². The molecule has 2 aromatic carbocycles. The van der Waals surface area contributed by atoms with E-state index in [4.69, 9.17) is 10.4 Å². The number of nitrogens with zero attached hydrogens (tertiary/aromatic N) is 2. The molecule has 0 amide bonds. The minimum atomic E-state index is -1.10. The maximum absolute atomic E-state index is 11.1. The lowest BCUT2D eigenvalue weighted by molar-refractivity contribution is -0.387. The maximum Gasteiger partial charge on any atom is 0.336 e. The topological polar surface area (TPSA) is 104 Å². The van der Waals surface area contributed by atoms with Crippen LogP contribution in [0.4, 0.5) is 5.69 Å². The summed E-state index contributed by atoms with van der Waals surface area (Å²) in [5.74, 6) is -1.10. The third-order valence-corrected chi connectivity index (χ3v) is 3.76. The first-order valence-corrected chi connectivity index (χ1v) is 6.53. The zero-order valence-corrected chi connectivity index (χ0v) is 11.3. The molecule has 0 fully saturated rings. The van der Waals surface area contributed by atoms with Crippen molar-refractivity contribution in [1.82, 2.24) is 0 Å². The summed E-state index contributed by atoms with van der Waals surface area (Å²) in [4.78, 5) is 22.3.